The van der Waals surface area contributed by atoms with Gasteiger partial charge in [-0.3, -0.25) is 0 Å². The van der Waals surface area contributed by atoms with E-state index < -0.39 is 12.6 Å². The molecule has 12 heteroatoms. The number of rotatable bonds is 9. The van der Waals surface area contributed by atoms with Crippen LogP contribution in [0.5, 0.6) is 5.75 Å². The van der Waals surface area contributed by atoms with E-state index in [1.807, 2.05) is 6.92 Å². The molecule has 3 N–H and O–H groups in total. The normalized spacial score (nSPS) is 9.62. The zero-order valence-corrected chi connectivity index (χ0v) is 17.7. The topological polar surface area (TPSA) is 133 Å². The first-order valence-corrected chi connectivity index (χ1v) is 9.55. The minimum Gasteiger partial charge on any atom is -0.480 e. The number of ether oxygens (including phenoxy) is 1. The second-order valence-corrected chi connectivity index (χ2v) is 6.41. The third kappa shape index (κ3) is 10.5. The summed E-state index contributed by atoms with van der Waals surface area (Å²) in [6.45, 7) is 2.88. The minimum absolute atomic E-state index is 0.147. The number of carboxylic acid groups (broad SMARTS) is 1. The second-order valence-electron chi connectivity index (χ2n) is 5.23. The summed E-state index contributed by atoms with van der Waals surface area (Å²) in [5.41, 5.74) is 0. The number of nitrogens with one attached hydrogen (secondary N) is 2. The fraction of sp³-hybridized carbons (Fsp3) is 0.353. The van der Waals surface area contributed by atoms with Crippen molar-refractivity contribution in [1.29, 1.82) is 5.26 Å². The maximum atomic E-state index is 10.2. The maximum Gasteiger partial charge on any atom is 0.341 e. The quantitative estimate of drug-likeness (QED) is 0.471. The van der Waals surface area contributed by atoms with Crippen LogP contribution in [0.4, 0.5) is 11.9 Å². The van der Waals surface area contributed by atoms with Crippen LogP contribution in [0, 0.1) is 11.3 Å². The Hall–Kier alpha value is -2.54. The van der Waals surface area contributed by atoms with Crippen molar-refractivity contribution in [2.45, 2.75) is 19.8 Å². The SMILES string of the molecule is CCNc1nc(Cl)nc(NCCCC#N)n1.O=C(O)COc1ccc(Cl)cc1Cl. The molecule has 0 aliphatic heterocycles. The average molecular weight is 462 g/mol. The van der Waals surface area contributed by atoms with Crippen molar-refractivity contribution in [2.75, 3.05) is 30.3 Å². The lowest BCUT2D eigenvalue weighted by Gasteiger charge is -2.06. The molecule has 2 aromatic rings. The third-order valence-electron chi connectivity index (χ3n) is 2.94. The van der Waals surface area contributed by atoms with Crippen LogP contribution in [-0.2, 0) is 4.79 Å². The van der Waals surface area contributed by atoms with Gasteiger partial charge in [0.05, 0.1) is 11.1 Å². The van der Waals surface area contributed by atoms with E-state index in [1.165, 1.54) is 12.1 Å². The minimum atomic E-state index is -1.05. The lowest BCUT2D eigenvalue weighted by atomic mass is 10.3. The van der Waals surface area contributed by atoms with Gasteiger partial charge in [0.25, 0.3) is 0 Å². The molecule has 1 heterocycles. The first-order chi connectivity index (χ1) is 13.8. The van der Waals surface area contributed by atoms with Gasteiger partial charge in [0.15, 0.2) is 6.61 Å². The molecule has 0 unspecified atom stereocenters. The summed E-state index contributed by atoms with van der Waals surface area (Å²) in [5, 5.41) is 23.6. The highest BCUT2D eigenvalue weighted by Crippen LogP contribution is 2.27. The Bertz CT molecular complexity index is 848. The number of aliphatic carboxylic acids is 1. The molecule has 0 radical (unpaired) electrons. The Labute approximate surface area is 183 Å². The summed E-state index contributed by atoms with van der Waals surface area (Å²) >= 11 is 17.1. The molecule has 0 spiro atoms. The van der Waals surface area contributed by atoms with Gasteiger partial charge in [-0.15, -0.1) is 0 Å². The van der Waals surface area contributed by atoms with Crippen LogP contribution in [0.1, 0.15) is 19.8 Å². The summed E-state index contributed by atoms with van der Waals surface area (Å²) in [4.78, 5) is 22.1. The molecule has 0 aliphatic carbocycles. The molecule has 29 heavy (non-hydrogen) atoms. The number of carboxylic acids is 1. The molecular formula is C17H19Cl3N6O3. The van der Waals surface area contributed by atoms with Gasteiger partial charge in [0, 0.05) is 24.5 Å². The van der Waals surface area contributed by atoms with Crippen LogP contribution in [0.3, 0.4) is 0 Å². The molecule has 0 saturated carbocycles. The summed E-state index contributed by atoms with van der Waals surface area (Å²) in [6.07, 6.45) is 1.25. The van der Waals surface area contributed by atoms with E-state index in [4.69, 9.17) is 49.9 Å². The third-order valence-corrected chi connectivity index (χ3v) is 3.64. The largest absolute Gasteiger partial charge is 0.480 e. The van der Waals surface area contributed by atoms with Crippen molar-refractivity contribution in [3.63, 3.8) is 0 Å². The number of halogens is 3. The van der Waals surface area contributed by atoms with Crippen molar-refractivity contribution in [3.8, 4) is 11.8 Å². The molecule has 0 bridgehead atoms. The van der Waals surface area contributed by atoms with Gasteiger partial charge in [-0.1, -0.05) is 23.2 Å². The molecule has 1 aromatic carbocycles. The number of hydrogen-bond acceptors (Lipinski definition) is 8. The fourth-order valence-corrected chi connectivity index (χ4v) is 2.39. The molecular weight excluding hydrogens is 443 g/mol. The van der Waals surface area contributed by atoms with Crippen molar-refractivity contribution in [3.05, 3.63) is 33.5 Å². The highest BCUT2D eigenvalue weighted by molar-refractivity contribution is 6.35. The van der Waals surface area contributed by atoms with E-state index in [0.717, 1.165) is 6.42 Å². The number of hydrogen-bond donors (Lipinski definition) is 3. The van der Waals surface area contributed by atoms with Crippen molar-refractivity contribution < 1.29 is 14.6 Å². The van der Waals surface area contributed by atoms with Gasteiger partial charge >= 0.3 is 5.97 Å². The molecule has 0 fully saturated rings. The van der Waals surface area contributed by atoms with Crippen molar-refractivity contribution in [1.82, 2.24) is 15.0 Å². The molecule has 0 aliphatic rings. The van der Waals surface area contributed by atoms with E-state index in [1.54, 1.807) is 6.07 Å². The number of nitriles is 1. The lowest BCUT2D eigenvalue weighted by Crippen LogP contribution is -2.09. The Morgan fingerprint density at radius 2 is 1.90 bits per heavy atom. The van der Waals surface area contributed by atoms with E-state index in [9.17, 15) is 4.79 Å². The summed E-state index contributed by atoms with van der Waals surface area (Å²) < 4.78 is 4.86. The van der Waals surface area contributed by atoms with Crippen LogP contribution < -0.4 is 15.4 Å². The molecule has 156 valence electrons. The maximum absolute atomic E-state index is 10.2. The van der Waals surface area contributed by atoms with E-state index in [-0.39, 0.29) is 5.28 Å². The standard InChI is InChI=1S/C9H13ClN6.C8H6Cl2O3/c1-2-12-8-14-7(10)15-9(16-8)13-6-4-3-5-11;9-5-1-2-7(6(10)3-5)13-4-8(11)12/h2-4,6H2,1H3,(H2,12,13,14,15,16);1-3H,4H2,(H,11,12). The van der Waals surface area contributed by atoms with Gasteiger partial charge in [0.2, 0.25) is 17.2 Å². The highest BCUT2D eigenvalue weighted by atomic mass is 35.5. The number of carbonyl (C=O) groups is 1. The summed E-state index contributed by atoms with van der Waals surface area (Å²) in [6, 6.07) is 6.65. The Morgan fingerprint density at radius 3 is 2.48 bits per heavy atom. The van der Waals surface area contributed by atoms with Gasteiger partial charge in [-0.05, 0) is 43.1 Å². The van der Waals surface area contributed by atoms with Crippen LogP contribution in [0.2, 0.25) is 15.3 Å². The molecule has 9 nitrogen and oxygen atoms in total. The summed E-state index contributed by atoms with van der Waals surface area (Å²) in [5.74, 6) is 0.138. The highest BCUT2D eigenvalue weighted by Gasteiger charge is 2.04. The van der Waals surface area contributed by atoms with Crippen LogP contribution in [0.25, 0.3) is 0 Å². The van der Waals surface area contributed by atoms with E-state index in [2.05, 4.69) is 31.7 Å². The molecule has 0 saturated heterocycles. The average Bonchev–Trinajstić information content (AvgIpc) is 2.65. The Balaban J connectivity index is 0.000000296. The lowest BCUT2D eigenvalue weighted by molar-refractivity contribution is -0.139. The Morgan fingerprint density at radius 1 is 1.21 bits per heavy atom. The smallest absolute Gasteiger partial charge is 0.341 e. The fourth-order valence-electron chi connectivity index (χ4n) is 1.77. The van der Waals surface area contributed by atoms with Crippen LogP contribution in [-0.4, -0.2) is 45.7 Å². The zero-order valence-electron chi connectivity index (χ0n) is 15.5. The molecule has 1 aromatic heterocycles. The predicted octanol–water partition coefficient (Wildman–Crippen LogP) is 4.13. The molecule has 2 rings (SSSR count). The van der Waals surface area contributed by atoms with Crippen molar-refractivity contribution >= 4 is 52.7 Å². The second kappa shape index (κ2) is 13.6. The first-order valence-electron chi connectivity index (χ1n) is 8.41. The van der Waals surface area contributed by atoms with E-state index in [0.29, 0.717) is 47.2 Å². The van der Waals surface area contributed by atoms with Gasteiger partial charge < -0.3 is 20.5 Å². The number of nitrogens with zero attached hydrogens (tertiary/aromatic N) is 4. The van der Waals surface area contributed by atoms with E-state index >= 15 is 0 Å². The predicted molar refractivity (Wildman–Crippen MR) is 112 cm³/mol. The van der Waals surface area contributed by atoms with Gasteiger partial charge in [-0.25, -0.2) is 4.79 Å². The van der Waals surface area contributed by atoms with Gasteiger partial charge in [0.1, 0.15) is 5.75 Å². The zero-order chi connectivity index (χ0) is 21.6. The van der Waals surface area contributed by atoms with Crippen LogP contribution in [0.15, 0.2) is 18.2 Å². The number of anilines is 2. The number of unbranched alkanes of at least 4 members (excludes halogenated alkanes) is 1. The monoisotopic (exact) mass is 460 g/mol. The molecule has 0 atom stereocenters. The number of benzene rings is 1. The van der Waals surface area contributed by atoms with Crippen LogP contribution >= 0.6 is 34.8 Å². The first kappa shape index (κ1) is 24.5. The number of aromatic nitrogens is 3. The Kier molecular flexibility index (Phi) is 11.5. The van der Waals surface area contributed by atoms with Gasteiger partial charge in [-0.2, -0.15) is 20.2 Å². The molecule has 0 amide bonds. The van der Waals surface area contributed by atoms with Crippen molar-refractivity contribution in [2.24, 2.45) is 0 Å². The summed E-state index contributed by atoms with van der Waals surface area (Å²) in [7, 11) is 0.